The SMILES string of the molecule is Cc1ccc(OCCOc2ccc(/C=C3/C(=N)N4N=C(S(C)(=O)=O)SC4=NC3=O)cc2Cl)c(C)c1. The van der Waals surface area contributed by atoms with Crippen molar-refractivity contribution in [2.75, 3.05) is 19.5 Å². The molecule has 2 aromatic rings. The Balaban J connectivity index is 1.43. The van der Waals surface area contributed by atoms with E-state index in [0.29, 0.717) is 22.9 Å². The minimum Gasteiger partial charge on any atom is -0.490 e. The Kier molecular flexibility index (Phi) is 7.02. The number of amides is 1. The second-order valence-corrected chi connectivity index (χ2v) is 11.4. The molecule has 182 valence electrons. The molecule has 0 aliphatic carbocycles. The van der Waals surface area contributed by atoms with Gasteiger partial charge in [0.15, 0.2) is 5.84 Å². The van der Waals surface area contributed by atoms with Crippen molar-refractivity contribution >= 4 is 60.6 Å². The fourth-order valence-electron chi connectivity index (χ4n) is 3.28. The Morgan fingerprint density at radius 1 is 1.11 bits per heavy atom. The Morgan fingerprint density at radius 3 is 2.46 bits per heavy atom. The summed E-state index contributed by atoms with van der Waals surface area (Å²) in [5, 5.41) is 13.6. The van der Waals surface area contributed by atoms with E-state index in [9.17, 15) is 13.2 Å². The van der Waals surface area contributed by atoms with E-state index in [1.54, 1.807) is 18.2 Å². The van der Waals surface area contributed by atoms with Crippen molar-refractivity contribution in [3.8, 4) is 11.5 Å². The topological polar surface area (TPSA) is 121 Å². The van der Waals surface area contributed by atoms with Crippen molar-refractivity contribution in [2.45, 2.75) is 13.8 Å². The fourth-order valence-corrected chi connectivity index (χ4v) is 5.21. The van der Waals surface area contributed by atoms with Gasteiger partial charge in [0.2, 0.25) is 19.4 Å². The highest BCUT2D eigenvalue weighted by Gasteiger charge is 2.38. The molecule has 0 fully saturated rings. The normalized spacial score (nSPS) is 16.8. The van der Waals surface area contributed by atoms with Crippen LogP contribution in [0.2, 0.25) is 5.02 Å². The molecule has 0 spiro atoms. The van der Waals surface area contributed by atoms with Crippen molar-refractivity contribution in [2.24, 2.45) is 10.1 Å². The number of carbonyl (C=O) groups excluding carboxylic acids is 1. The van der Waals surface area contributed by atoms with E-state index in [2.05, 4.69) is 10.1 Å². The lowest BCUT2D eigenvalue weighted by molar-refractivity contribution is -0.114. The number of carbonyl (C=O) groups is 1. The zero-order chi connectivity index (χ0) is 25.3. The zero-order valence-corrected chi connectivity index (χ0v) is 21.4. The second kappa shape index (κ2) is 9.84. The lowest BCUT2D eigenvalue weighted by Crippen LogP contribution is -2.35. The van der Waals surface area contributed by atoms with E-state index >= 15 is 0 Å². The minimum absolute atomic E-state index is 0.0300. The molecule has 0 unspecified atom stereocenters. The molecular weight excluding hydrogens is 512 g/mol. The summed E-state index contributed by atoms with van der Waals surface area (Å²) < 4.78 is 34.8. The lowest BCUT2D eigenvalue weighted by Gasteiger charge is -2.20. The number of hydrazone groups is 1. The Labute approximate surface area is 211 Å². The number of halogens is 1. The summed E-state index contributed by atoms with van der Waals surface area (Å²) in [5.41, 5.74) is 2.71. The fraction of sp³-hybridized carbons (Fsp3) is 0.217. The van der Waals surface area contributed by atoms with E-state index in [4.69, 9.17) is 26.5 Å². The molecule has 9 nitrogen and oxygen atoms in total. The number of hydrogen-bond acceptors (Lipinski definition) is 8. The van der Waals surface area contributed by atoms with Crippen LogP contribution in [0.15, 0.2) is 52.1 Å². The molecule has 2 aliphatic rings. The van der Waals surface area contributed by atoms with Gasteiger partial charge in [0.25, 0.3) is 5.91 Å². The smallest absolute Gasteiger partial charge is 0.283 e. The van der Waals surface area contributed by atoms with Crippen LogP contribution in [0.4, 0.5) is 0 Å². The van der Waals surface area contributed by atoms with Crippen molar-refractivity contribution in [1.82, 2.24) is 5.01 Å². The first-order valence-electron chi connectivity index (χ1n) is 10.4. The van der Waals surface area contributed by atoms with Gasteiger partial charge >= 0.3 is 0 Å². The average Bonchev–Trinajstić information content (AvgIpc) is 3.21. The van der Waals surface area contributed by atoms with Gasteiger partial charge in [-0.1, -0.05) is 35.4 Å². The molecule has 0 bridgehead atoms. The molecule has 0 atom stereocenters. The summed E-state index contributed by atoms with van der Waals surface area (Å²) in [7, 11) is -3.60. The quantitative estimate of drug-likeness (QED) is 0.440. The molecule has 2 aliphatic heterocycles. The van der Waals surface area contributed by atoms with E-state index < -0.39 is 15.7 Å². The number of fused-ring (bicyclic) bond motifs is 1. The van der Waals surface area contributed by atoms with Crippen LogP contribution >= 0.6 is 23.4 Å². The monoisotopic (exact) mass is 532 g/mol. The third-order valence-electron chi connectivity index (χ3n) is 4.95. The average molecular weight is 533 g/mol. The number of amidine groups is 2. The zero-order valence-electron chi connectivity index (χ0n) is 19.0. The highest BCUT2D eigenvalue weighted by molar-refractivity contribution is 8.42. The molecule has 35 heavy (non-hydrogen) atoms. The molecule has 0 aromatic heterocycles. The van der Waals surface area contributed by atoms with Gasteiger partial charge in [-0.15, -0.1) is 5.10 Å². The van der Waals surface area contributed by atoms with Crippen LogP contribution in [-0.4, -0.2) is 54.2 Å². The second-order valence-electron chi connectivity index (χ2n) is 7.81. The predicted octanol–water partition coefficient (Wildman–Crippen LogP) is 4.04. The number of aliphatic imine (C=N–C) groups is 1. The van der Waals surface area contributed by atoms with Gasteiger partial charge in [-0.25, -0.2) is 8.42 Å². The summed E-state index contributed by atoms with van der Waals surface area (Å²) in [6.07, 6.45) is 2.45. The van der Waals surface area contributed by atoms with Crippen molar-refractivity contribution in [1.29, 1.82) is 5.41 Å². The maximum atomic E-state index is 12.5. The van der Waals surface area contributed by atoms with Crippen LogP contribution in [0, 0.1) is 19.3 Å². The summed E-state index contributed by atoms with van der Waals surface area (Å²) in [6, 6.07) is 10.9. The highest BCUT2D eigenvalue weighted by atomic mass is 35.5. The molecule has 2 heterocycles. The molecule has 4 rings (SSSR count). The van der Waals surface area contributed by atoms with Crippen LogP contribution in [0.3, 0.4) is 0 Å². The molecule has 0 saturated carbocycles. The van der Waals surface area contributed by atoms with Gasteiger partial charge in [-0.2, -0.15) is 10.0 Å². The van der Waals surface area contributed by atoms with Gasteiger partial charge < -0.3 is 9.47 Å². The molecular formula is C23H21ClN4O5S2. The molecule has 0 saturated heterocycles. The van der Waals surface area contributed by atoms with Gasteiger partial charge in [0, 0.05) is 6.26 Å². The standard InChI is InChI=1S/C23H21ClN4O5S2/c1-13-4-6-18(14(2)10-13)32-8-9-33-19-7-5-15(12-17(19)24)11-16-20(25)28-22(26-21(16)29)34-23(27-28)35(3,30)31/h4-7,10-12,25H,8-9H2,1-3H3/b16-11-,25-20?. The van der Waals surface area contributed by atoms with Crippen LogP contribution in [0.1, 0.15) is 16.7 Å². The number of nitrogens with one attached hydrogen (secondary N) is 1. The Hall–Kier alpha value is -3.15. The van der Waals surface area contributed by atoms with E-state index in [-0.39, 0.29) is 27.6 Å². The summed E-state index contributed by atoms with van der Waals surface area (Å²) in [4.78, 5) is 16.4. The number of ether oxygens (including phenoxy) is 2. The number of hydrogen-bond donors (Lipinski definition) is 1. The molecule has 1 N–H and O–H groups in total. The first kappa shape index (κ1) is 25.0. The minimum atomic E-state index is -3.60. The van der Waals surface area contributed by atoms with Gasteiger partial charge in [0.05, 0.1) is 10.6 Å². The number of benzene rings is 2. The molecule has 2 aromatic carbocycles. The Bertz CT molecular complexity index is 1430. The maximum Gasteiger partial charge on any atom is 0.283 e. The molecule has 1 amide bonds. The third-order valence-corrected chi connectivity index (χ3v) is 7.82. The van der Waals surface area contributed by atoms with Crippen molar-refractivity contribution in [3.63, 3.8) is 0 Å². The number of aryl methyl sites for hydroxylation is 2. The summed E-state index contributed by atoms with van der Waals surface area (Å²) >= 11 is 7.09. The third kappa shape index (κ3) is 5.58. The number of sulfone groups is 1. The molecule has 12 heteroatoms. The van der Waals surface area contributed by atoms with Gasteiger partial charge in [0.1, 0.15) is 24.7 Å². The van der Waals surface area contributed by atoms with Crippen LogP contribution < -0.4 is 9.47 Å². The number of rotatable bonds is 6. The number of thioether (sulfide) groups is 1. The van der Waals surface area contributed by atoms with Gasteiger partial charge in [-0.3, -0.25) is 10.2 Å². The van der Waals surface area contributed by atoms with Crippen LogP contribution in [-0.2, 0) is 14.6 Å². The Morgan fingerprint density at radius 2 is 1.80 bits per heavy atom. The molecule has 0 radical (unpaired) electrons. The first-order chi connectivity index (χ1) is 16.5. The van der Waals surface area contributed by atoms with E-state index in [0.717, 1.165) is 39.9 Å². The van der Waals surface area contributed by atoms with Crippen LogP contribution in [0.5, 0.6) is 11.5 Å². The predicted molar refractivity (Wildman–Crippen MR) is 138 cm³/mol. The highest BCUT2D eigenvalue weighted by Crippen LogP contribution is 2.31. The lowest BCUT2D eigenvalue weighted by atomic mass is 10.1. The van der Waals surface area contributed by atoms with Crippen LogP contribution in [0.25, 0.3) is 6.08 Å². The first-order valence-corrected chi connectivity index (χ1v) is 13.4. The summed E-state index contributed by atoms with van der Waals surface area (Å²) in [5.74, 6) is 0.300. The largest absolute Gasteiger partial charge is 0.490 e. The van der Waals surface area contributed by atoms with Crippen molar-refractivity contribution in [3.05, 3.63) is 63.7 Å². The van der Waals surface area contributed by atoms with E-state index in [1.165, 1.54) is 6.08 Å². The maximum absolute atomic E-state index is 12.5. The van der Waals surface area contributed by atoms with E-state index in [1.807, 2.05) is 32.0 Å². The van der Waals surface area contributed by atoms with Crippen molar-refractivity contribution < 1.29 is 22.7 Å². The van der Waals surface area contributed by atoms with Gasteiger partial charge in [-0.05, 0) is 61.0 Å². The number of nitrogens with zero attached hydrogens (tertiary/aromatic N) is 3. The summed E-state index contributed by atoms with van der Waals surface area (Å²) in [6.45, 7) is 4.62.